The Kier molecular flexibility index (Phi) is 2.57. The fraction of sp³-hybridized carbons (Fsp3) is 0.300. The highest BCUT2D eigenvalue weighted by atomic mass is 19.1. The van der Waals surface area contributed by atoms with Gasteiger partial charge in [0.05, 0.1) is 12.9 Å². The van der Waals surface area contributed by atoms with Gasteiger partial charge in [0.1, 0.15) is 17.4 Å². The number of hydrogen-bond donors (Lipinski definition) is 3. The maximum atomic E-state index is 13.8. The van der Waals surface area contributed by atoms with Gasteiger partial charge in [-0.25, -0.2) is 9.37 Å². The standard InChI is InChI=1S/C10H11FN6O2/c11-5-1-4(2-18)19-9(5)17-3-14-6-7(12)15-10(13)16-8(6)17/h1,3-4,9,18H,2H2,(H4,12,13,15,16)/t4-,9-/m0/s1. The van der Waals surface area contributed by atoms with Crippen molar-refractivity contribution in [2.24, 2.45) is 0 Å². The van der Waals surface area contributed by atoms with Crippen LogP contribution in [0, 0.1) is 0 Å². The summed E-state index contributed by atoms with van der Waals surface area (Å²) in [4.78, 5) is 11.8. The molecular weight excluding hydrogens is 255 g/mol. The zero-order chi connectivity index (χ0) is 13.6. The Morgan fingerprint density at radius 1 is 1.42 bits per heavy atom. The summed E-state index contributed by atoms with van der Waals surface area (Å²) in [6.45, 7) is -0.310. The van der Waals surface area contributed by atoms with Crippen molar-refractivity contribution >= 4 is 22.9 Å². The molecule has 0 fully saturated rings. The predicted molar refractivity (Wildman–Crippen MR) is 64.3 cm³/mol. The number of nitrogens with two attached hydrogens (primary N) is 2. The molecule has 0 bridgehead atoms. The lowest BCUT2D eigenvalue weighted by molar-refractivity contribution is -0.0174. The first-order chi connectivity index (χ1) is 9.10. The van der Waals surface area contributed by atoms with E-state index in [9.17, 15) is 4.39 Å². The second-order valence-electron chi connectivity index (χ2n) is 4.05. The molecule has 0 saturated carbocycles. The van der Waals surface area contributed by atoms with Crippen LogP contribution in [0.4, 0.5) is 16.2 Å². The lowest BCUT2D eigenvalue weighted by atomic mass is 10.3. The number of aliphatic hydroxyl groups excluding tert-OH is 1. The Bertz CT molecular complexity index is 669. The number of nitrogen functional groups attached to an aromatic ring is 2. The van der Waals surface area contributed by atoms with Crippen LogP contribution in [0.5, 0.6) is 0 Å². The van der Waals surface area contributed by atoms with E-state index in [1.165, 1.54) is 17.0 Å². The third-order valence-corrected chi connectivity index (χ3v) is 2.78. The summed E-state index contributed by atoms with van der Waals surface area (Å²) < 4.78 is 20.5. The Morgan fingerprint density at radius 2 is 2.21 bits per heavy atom. The van der Waals surface area contributed by atoms with Crippen molar-refractivity contribution < 1.29 is 14.2 Å². The van der Waals surface area contributed by atoms with Crippen LogP contribution >= 0.6 is 0 Å². The lowest BCUT2D eigenvalue weighted by Crippen LogP contribution is -2.16. The monoisotopic (exact) mass is 266 g/mol. The molecule has 8 nitrogen and oxygen atoms in total. The van der Waals surface area contributed by atoms with E-state index in [1.54, 1.807) is 0 Å². The number of imidazole rings is 1. The molecule has 2 aromatic heterocycles. The molecule has 0 aromatic carbocycles. The van der Waals surface area contributed by atoms with Crippen molar-refractivity contribution in [1.29, 1.82) is 0 Å². The molecule has 9 heteroatoms. The van der Waals surface area contributed by atoms with Gasteiger partial charge in [-0.2, -0.15) is 9.97 Å². The predicted octanol–water partition coefficient (Wildman–Crippen LogP) is -0.266. The van der Waals surface area contributed by atoms with E-state index in [2.05, 4.69) is 15.0 Å². The van der Waals surface area contributed by atoms with Crippen molar-refractivity contribution in [2.45, 2.75) is 12.3 Å². The first kappa shape index (κ1) is 11.8. The molecule has 0 saturated heterocycles. The van der Waals surface area contributed by atoms with Crippen LogP contribution in [0.3, 0.4) is 0 Å². The van der Waals surface area contributed by atoms with Crippen LogP contribution in [0.1, 0.15) is 6.23 Å². The maximum Gasteiger partial charge on any atom is 0.224 e. The van der Waals surface area contributed by atoms with E-state index >= 15 is 0 Å². The van der Waals surface area contributed by atoms with E-state index in [4.69, 9.17) is 21.3 Å². The minimum Gasteiger partial charge on any atom is -0.393 e. The van der Waals surface area contributed by atoms with Gasteiger partial charge in [-0.15, -0.1) is 0 Å². The van der Waals surface area contributed by atoms with Crippen LogP contribution < -0.4 is 11.5 Å². The lowest BCUT2D eigenvalue weighted by Gasteiger charge is -2.14. The summed E-state index contributed by atoms with van der Waals surface area (Å²) in [5, 5.41) is 8.97. The molecule has 0 amide bonds. The normalized spacial score (nSPS) is 22.9. The SMILES string of the molecule is Nc1nc(N)c2ncn([C@H]3O[C@H](CO)C=C3F)c2n1. The highest BCUT2D eigenvalue weighted by Gasteiger charge is 2.30. The molecule has 0 unspecified atom stereocenters. The molecule has 5 N–H and O–H groups in total. The molecule has 0 aliphatic carbocycles. The van der Waals surface area contributed by atoms with E-state index in [1.807, 2.05) is 0 Å². The van der Waals surface area contributed by atoms with Gasteiger partial charge in [0, 0.05) is 0 Å². The largest absolute Gasteiger partial charge is 0.393 e. The van der Waals surface area contributed by atoms with Crippen LogP contribution in [0.15, 0.2) is 18.2 Å². The highest BCUT2D eigenvalue weighted by molar-refractivity contribution is 5.82. The molecule has 100 valence electrons. The van der Waals surface area contributed by atoms with Gasteiger partial charge >= 0.3 is 0 Å². The minimum atomic E-state index is -1.03. The van der Waals surface area contributed by atoms with E-state index in [-0.39, 0.29) is 24.0 Å². The highest BCUT2D eigenvalue weighted by Crippen LogP contribution is 2.32. The average molecular weight is 266 g/mol. The Hall–Kier alpha value is -2.26. The van der Waals surface area contributed by atoms with Gasteiger partial charge in [-0.05, 0) is 6.08 Å². The minimum absolute atomic E-state index is 0.0344. The first-order valence-corrected chi connectivity index (χ1v) is 5.49. The van der Waals surface area contributed by atoms with Crippen molar-refractivity contribution in [2.75, 3.05) is 18.1 Å². The van der Waals surface area contributed by atoms with Crippen LogP contribution in [0.25, 0.3) is 11.2 Å². The van der Waals surface area contributed by atoms with Crippen molar-refractivity contribution in [1.82, 2.24) is 19.5 Å². The smallest absolute Gasteiger partial charge is 0.224 e. The van der Waals surface area contributed by atoms with E-state index < -0.39 is 18.2 Å². The molecule has 3 heterocycles. The van der Waals surface area contributed by atoms with Crippen LogP contribution in [-0.2, 0) is 4.74 Å². The average Bonchev–Trinajstić information content (AvgIpc) is 2.92. The number of hydrogen-bond acceptors (Lipinski definition) is 7. The first-order valence-electron chi connectivity index (χ1n) is 5.49. The quantitative estimate of drug-likeness (QED) is 0.683. The number of halogens is 1. The van der Waals surface area contributed by atoms with Gasteiger partial charge in [-0.1, -0.05) is 0 Å². The fourth-order valence-electron chi connectivity index (χ4n) is 1.95. The number of rotatable bonds is 2. The second-order valence-corrected chi connectivity index (χ2v) is 4.05. The maximum absolute atomic E-state index is 13.8. The van der Waals surface area contributed by atoms with Gasteiger partial charge in [0.2, 0.25) is 5.95 Å². The molecule has 2 atom stereocenters. The molecule has 0 radical (unpaired) electrons. The molecule has 2 aromatic rings. The number of ether oxygens (including phenoxy) is 1. The summed E-state index contributed by atoms with van der Waals surface area (Å²) in [7, 11) is 0. The molecule has 1 aliphatic heterocycles. The molecule has 19 heavy (non-hydrogen) atoms. The van der Waals surface area contributed by atoms with Gasteiger partial charge in [-0.3, -0.25) is 4.57 Å². The van der Waals surface area contributed by atoms with E-state index in [0.717, 1.165) is 0 Å². The Balaban J connectivity index is 2.10. The number of fused-ring (bicyclic) bond motifs is 1. The zero-order valence-electron chi connectivity index (χ0n) is 9.69. The van der Waals surface area contributed by atoms with Crippen LogP contribution in [0.2, 0.25) is 0 Å². The summed E-state index contributed by atoms with van der Waals surface area (Å²) in [5.41, 5.74) is 11.8. The van der Waals surface area contributed by atoms with Crippen molar-refractivity contribution in [3.8, 4) is 0 Å². The van der Waals surface area contributed by atoms with Gasteiger partial charge < -0.3 is 21.3 Å². The second kappa shape index (κ2) is 4.14. The number of anilines is 2. The van der Waals surface area contributed by atoms with E-state index in [0.29, 0.717) is 5.52 Å². The number of nitrogens with zero attached hydrogens (tertiary/aromatic N) is 4. The van der Waals surface area contributed by atoms with Crippen molar-refractivity contribution in [3.05, 3.63) is 18.2 Å². The molecule has 3 rings (SSSR count). The van der Waals surface area contributed by atoms with Crippen molar-refractivity contribution in [3.63, 3.8) is 0 Å². The molecular formula is C10H11FN6O2. The van der Waals surface area contributed by atoms with Crippen LogP contribution in [-0.4, -0.2) is 37.3 Å². The summed E-state index contributed by atoms with van der Waals surface area (Å²) in [5.74, 6) is -0.454. The number of aromatic nitrogens is 4. The fourth-order valence-corrected chi connectivity index (χ4v) is 1.95. The third kappa shape index (κ3) is 1.79. The topological polar surface area (TPSA) is 125 Å². The zero-order valence-corrected chi connectivity index (χ0v) is 9.69. The van der Waals surface area contributed by atoms with Gasteiger partial charge in [0.15, 0.2) is 17.7 Å². The number of aliphatic hydroxyl groups is 1. The Labute approximate surface area is 106 Å². The summed E-state index contributed by atoms with van der Waals surface area (Å²) >= 11 is 0. The Morgan fingerprint density at radius 3 is 2.89 bits per heavy atom. The van der Waals surface area contributed by atoms with Gasteiger partial charge in [0.25, 0.3) is 0 Å². The third-order valence-electron chi connectivity index (χ3n) is 2.78. The molecule has 1 aliphatic rings. The summed E-state index contributed by atoms with van der Waals surface area (Å²) in [6.07, 6.45) is 0.812. The molecule has 0 spiro atoms. The summed E-state index contributed by atoms with van der Waals surface area (Å²) in [6, 6.07) is 0.